The molecule has 6 heteroatoms. The van der Waals surface area contributed by atoms with E-state index in [2.05, 4.69) is 0 Å². The maximum Gasteiger partial charge on any atom is 0.232 e. The molecule has 2 amide bonds. The molecule has 26 heavy (non-hydrogen) atoms. The van der Waals surface area contributed by atoms with Gasteiger partial charge in [0.15, 0.2) is 11.5 Å². The lowest BCUT2D eigenvalue weighted by Gasteiger charge is -2.22. The molecular formula is C20H22N2O4. The van der Waals surface area contributed by atoms with Crippen molar-refractivity contribution >= 4 is 23.2 Å². The van der Waals surface area contributed by atoms with Crippen LogP contribution in [0.5, 0.6) is 11.5 Å². The molecule has 0 N–H and O–H groups in total. The number of amides is 2. The van der Waals surface area contributed by atoms with Crippen LogP contribution in [-0.2, 0) is 9.59 Å². The third-order valence-corrected chi connectivity index (χ3v) is 4.63. The number of ether oxygens (including phenoxy) is 2. The Labute approximate surface area is 152 Å². The Morgan fingerprint density at radius 3 is 2.42 bits per heavy atom. The van der Waals surface area contributed by atoms with Gasteiger partial charge in [-0.15, -0.1) is 0 Å². The molecule has 3 rings (SSSR count). The van der Waals surface area contributed by atoms with Gasteiger partial charge in [-0.05, 0) is 24.3 Å². The van der Waals surface area contributed by atoms with Crippen molar-refractivity contribution in [2.24, 2.45) is 5.92 Å². The van der Waals surface area contributed by atoms with Gasteiger partial charge in [-0.25, -0.2) is 0 Å². The van der Waals surface area contributed by atoms with Crippen molar-refractivity contribution in [3.05, 3.63) is 48.5 Å². The van der Waals surface area contributed by atoms with Gasteiger partial charge < -0.3 is 19.3 Å². The first kappa shape index (κ1) is 17.8. The number of para-hydroxylation sites is 1. The molecule has 0 aromatic heterocycles. The molecule has 0 saturated carbocycles. The first-order chi connectivity index (χ1) is 12.5. The monoisotopic (exact) mass is 354 g/mol. The molecule has 1 saturated heterocycles. The lowest BCUT2D eigenvalue weighted by atomic mass is 10.1. The molecule has 1 unspecified atom stereocenters. The number of hydrogen-bond acceptors (Lipinski definition) is 4. The summed E-state index contributed by atoms with van der Waals surface area (Å²) in [5.74, 6) is 0.638. The highest BCUT2D eigenvalue weighted by Crippen LogP contribution is 2.34. The number of benzene rings is 2. The standard InChI is InChI=1S/C20H22N2O4/c1-21(15-7-5-4-6-8-15)20(24)14-11-19(23)22(13-14)16-9-10-17(25-2)18(12-16)26-3/h4-10,12,14H,11,13H2,1-3H3. The van der Waals surface area contributed by atoms with E-state index in [0.717, 1.165) is 5.69 Å². The number of carbonyl (C=O) groups excluding carboxylic acids is 2. The highest BCUT2D eigenvalue weighted by molar-refractivity contribution is 6.04. The predicted octanol–water partition coefficient (Wildman–Crippen LogP) is 2.72. The van der Waals surface area contributed by atoms with Crippen molar-refractivity contribution in [1.82, 2.24) is 0 Å². The molecule has 1 aliphatic heterocycles. The third kappa shape index (κ3) is 3.35. The first-order valence-electron chi connectivity index (χ1n) is 8.40. The minimum Gasteiger partial charge on any atom is -0.493 e. The molecule has 0 bridgehead atoms. The minimum absolute atomic E-state index is 0.0625. The number of methoxy groups -OCH3 is 2. The summed E-state index contributed by atoms with van der Waals surface area (Å²) in [4.78, 5) is 28.5. The van der Waals surface area contributed by atoms with Gasteiger partial charge in [0.05, 0.1) is 20.1 Å². The van der Waals surface area contributed by atoms with Gasteiger partial charge in [0, 0.05) is 37.5 Å². The Bertz CT molecular complexity index is 807. The summed E-state index contributed by atoms with van der Waals surface area (Å²) in [5.41, 5.74) is 1.51. The minimum atomic E-state index is -0.374. The Hall–Kier alpha value is -3.02. The van der Waals surface area contributed by atoms with Crippen LogP contribution in [0.25, 0.3) is 0 Å². The van der Waals surface area contributed by atoms with Gasteiger partial charge in [0.1, 0.15) is 0 Å². The molecule has 1 heterocycles. The van der Waals surface area contributed by atoms with Crippen LogP contribution < -0.4 is 19.3 Å². The van der Waals surface area contributed by atoms with Gasteiger partial charge in [-0.1, -0.05) is 18.2 Å². The predicted molar refractivity (Wildman–Crippen MR) is 99.9 cm³/mol. The van der Waals surface area contributed by atoms with Crippen LogP contribution in [0.3, 0.4) is 0 Å². The maximum absolute atomic E-state index is 12.8. The topological polar surface area (TPSA) is 59.1 Å². The van der Waals surface area contributed by atoms with Crippen LogP contribution in [0.4, 0.5) is 11.4 Å². The Morgan fingerprint density at radius 2 is 1.77 bits per heavy atom. The fraction of sp³-hybridized carbons (Fsp3) is 0.300. The van der Waals surface area contributed by atoms with Crippen LogP contribution in [0.2, 0.25) is 0 Å². The maximum atomic E-state index is 12.8. The summed E-state index contributed by atoms with van der Waals surface area (Å²) in [7, 11) is 4.85. The normalized spacial score (nSPS) is 16.5. The van der Waals surface area contributed by atoms with Crippen molar-refractivity contribution in [3.8, 4) is 11.5 Å². The molecule has 0 aliphatic carbocycles. The average Bonchev–Trinajstić information content (AvgIpc) is 3.08. The summed E-state index contributed by atoms with van der Waals surface area (Å²) >= 11 is 0. The number of nitrogens with zero attached hydrogens (tertiary/aromatic N) is 2. The molecule has 136 valence electrons. The van der Waals surface area contributed by atoms with E-state index in [1.807, 2.05) is 30.3 Å². The molecule has 1 fully saturated rings. The molecule has 0 spiro atoms. The summed E-state index contributed by atoms with van der Waals surface area (Å²) in [6.45, 7) is 0.352. The van der Waals surface area contributed by atoms with E-state index in [1.54, 1.807) is 49.3 Å². The van der Waals surface area contributed by atoms with E-state index in [4.69, 9.17) is 9.47 Å². The molecule has 2 aromatic rings. The van der Waals surface area contributed by atoms with E-state index in [1.165, 1.54) is 0 Å². The number of hydrogen-bond donors (Lipinski definition) is 0. The highest BCUT2D eigenvalue weighted by atomic mass is 16.5. The molecular weight excluding hydrogens is 332 g/mol. The van der Waals surface area contributed by atoms with Crippen molar-refractivity contribution in [1.29, 1.82) is 0 Å². The van der Waals surface area contributed by atoms with Gasteiger partial charge in [-0.3, -0.25) is 9.59 Å². The number of anilines is 2. The summed E-state index contributed by atoms with van der Waals surface area (Å²) in [5, 5.41) is 0. The van der Waals surface area contributed by atoms with Crippen LogP contribution in [-0.4, -0.2) is 39.6 Å². The average molecular weight is 354 g/mol. The second-order valence-electron chi connectivity index (χ2n) is 6.18. The fourth-order valence-electron chi connectivity index (χ4n) is 3.17. The van der Waals surface area contributed by atoms with E-state index in [-0.39, 0.29) is 24.2 Å². The number of carbonyl (C=O) groups is 2. The smallest absolute Gasteiger partial charge is 0.232 e. The van der Waals surface area contributed by atoms with Crippen LogP contribution >= 0.6 is 0 Å². The first-order valence-corrected chi connectivity index (χ1v) is 8.40. The Kier molecular flexibility index (Phi) is 5.11. The zero-order valence-electron chi connectivity index (χ0n) is 15.1. The van der Waals surface area contributed by atoms with Crippen LogP contribution in [0.1, 0.15) is 6.42 Å². The van der Waals surface area contributed by atoms with Crippen molar-refractivity contribution in [2.45, 2.75) is 6.42 Å². The van der Waals surface area contributed by atoms with E-state index in [0.29, 0.717) is 23.7 Å². The van der Waals surface area contributed by atoms with E-state index in [9.17, 15) is 9.59 Å². The van der Waals surface area contributed by atoms with E-state index >= 15 is 0 Å². The van der Waals surface area contributed by atoms with E-state index < -0.39 is 0 Å². The van der Waals surface area contributed by atoms with Gasteiger partial charge in [0.25, 0.3) is 0 Å². The molecule has 1 aliphatic rings. The van der Waals surface area contributed by atoms with Crippen molar-refractivity contribution < 1.29 is 19.1 Å². The molecule has 0 radical (unpaired) electrons. The zero-order chi connectivity index (χ0) is 18.7. The fourth-order valence-corrected chi connectivity index (χ4v) is 3.17. The molecule has 1 atom stereocenters. The number of rotatable bonds is 5. The second-order valence-corrected chi connectivity index (χ2v) is 6.18. The lowest BCUT2D eigenvalue weighted by Crippen LogP contribution is -2.34. The molecule has 2 aromatic carbocycles. The quantitative estimate of drug-likeness (QED) is 0.828. The second kappa shape index (κ2) is 7.47. The lowest BCUT2D eigenvalue weighted by molar-refractivity contribution is -0.124. The Morgan fingerprint density at radius 1 is 1.08 bits per heavy atom. The Balaban J connectivity index is 1.77. The third-order valence-electron chi connectivity index (χ3n) is 4.63. The van der Waals surface area contributed by atoms with Crippen LogP contribution in [0.15, 0.2) is 48.5 Å². The summed E-state index contributed by atoms with van der Waals surface area (Å²) in [6, 6.07) is 14.7. The van der Waals surface area contributed by atoms with Gasteiger partial charge >= 0.3 is 0 Å². The van der Waals surface area contributed by atoms with Crippen molar-refractivity contribution in [3.63, 3.8) is 0 Å². The van der Waals surface area contributed by atoms with Crippen LogP contribution in [0, 0.1) is 5.92 Å². The molecule has 6 nitrogen and oxygen atoms in total. The van der Waals surface area contributed by atoms with Gasteiger partial charge in [0.2, 0.25) is 11.8 Å². The summed E-state index contributed by atoms with van der Waals surface area (Å²) < 4.78 is 10.5. The highest BCUT2D eigenvalue weighted by Gasteiger charge is 2.37. The summed E-state index contributed by atoms with van der Waals surface area (Å²) in [6.07, 6.45) is 0.199. The van der Waals surface area contributed by atoms with Gasteiger partial charge in [-0.2, -0.15) is 0 Å². The zero-order valence-corrected chi connectivity index (χ0v) is 15.1. The SMILES string of the molecule is COc1ccc(N2CC(C(=O)N(C)c3ccccc3)CC2=O)cc1OC. The largest absolute Gasteiger partial charge is 0.493 e. The van der Waals surface area contributed by atoms with Crippen molar-refractivity contribution in [2.75, 3.05) is 37.6 Å².